The van der Waals surface area contributed by atoms with Gasteiger partial charge in [-0.2, -0.15) is 0 Å². The van der Waals surface area contributed by atoms with Crippen LogP contribution in [-0.4, -0.2) is 0 Å². The average molecular weight is 411 g/mol. The molecule has 0 heterocycles. The Morgan fingerprint density at radius 1 is 0.567 bits per heavy atom. The molecule has 1 atom stereocenters. The van der Waals surface area contributed by atoms with Crippen molar-refractivity contribution in [3.8, 4) is 0 Å². The van der Waals surface area contributed by atoms with Crippen molar-refractivity contribution in [1.29, 1.82) is 0 Å². The fourth-order valence-electron chi connectivity index (χ4n) is 3.52. The first-order chi connectivity index (χ1) is 14.1. The molecule has 0 saturated heterocycles. The molecule has 0 aliphatic carbocycles. The van der Waals surface area contributed by atoms with Gasteiger partial charge in [-0.15, -0.1) is 6.58 Å². The van der Waals surface area contributed by atoms with Crippen molar-refractivity contribution in [2.75, 3.05) is 0 Å². The van der Waals surface area contributed by atoms with Crippen LogP contribution in [0.5, 0.6) is 0 Å². The van der Waals surface area contributed by atoms with Gasteiger partial charge in [0.2, 0.25) is 0 Å². The maximum Gasteiger partial charge on any atom is -0.0288 e. The number of hydrogen-bond acceptors (Lipinski definition) is 0. The monoisotopic (exact) mass is 410 g/mol. The number of hydrogen-bond donors (Lipinski definition) is 0. The molecule has 170 valence electrons. The second-order valence-corrected chi connectivity index (χ2v) is 9.83. The summed E-state index contributed by atoms with van der Waals surface area (Å²) in [5, 5.41) is 0. The van der Waals surface area contributed by atoms with E-state index in [0.717, 1.165) is 19.3 Å². The Kier molecular flexibility index (Phi) is 16.3. The standard InChI is InChI=1S/C30H50/c1-24(2)13-10-15-27(7)17-12-18-29(9)20-22-30(23-26(5)6)21-19-28(8)16-11-14-25(3)4/h13-14,17,19-20,30H,5,10-12,15-16,18,21-23H2,1-4,6-9H3/b27-17?,28-19+,29-20?. The number of allylic oxidation sites excluding steroid dienone is 11. The van der Waals surface area contributed by atoms with Crippen LogP contribution in [0.2, 0.25) is 0 Å². The van der Waals surface area contributed by atoms with Crippen molar-refractivity contribution in [3.05, 3.63) is 70.4 Å². The summed E-state index contributed by atoms with van der Waals surface area (Å²) in [6.07, 6.45) is 22.6. The van der Waals surface area contributed by atoms with E-state index in [0.29, 0.717) is 5.92 Å². The van der Waals surface area contributed by atoms with Crippen LogP contribution in [0.3, 0.4) is 0 Å². The van der Waals surface area contributed by atoms with Gasteiger partial charge in [0.25, 0.3) is 0 Å². The molecule has 0 N–H and O–H groups in total. The highest BCUT2D eigenvalue weighted by Crippen LogP contribution is 2.22. The third-order valence-corrected chi connectivity index (χ3v) is 5.45. The first-order valence-corrected chi connectivity index (χ1v) is 12.0. The van der Waals surface area contributed by atoms with Crippen LogP contribution < -0.4 is 0 Å². The van der Waals surface area contributed by atoms with E-state index < -0.39 is 0 Å². The summed E-state index contributed by atoms with van der Waals surface area (Å²) < 4.78 is 0. The van der Waals surface area contributed by atoms with Crippen LogP contribution in [0.25, 0.3) is 0 Å². The van der Waals surface area contributed by atoms with Gasteiger partial charge in [0.05, 0.1) is 0 Å². The summed E-state index contributed by atoms with van der Waals surface area (Å²) in [7, 11) is 0. The molecule has 0 nitrogen and oxygen atoms in total. The molecule has 0 aliphatic heterocycles. The predicted molar refractivity (Wildman–Crippen MR) is 140 cm³/mol. The molecule has 0 aromatic heterocycles. The zero-order chi connectivity index (χ0) is 22.9. The molecule has 1 unspecified atom stereocenters. The van der Waals surface area contributed by atoms with Crippen LogP contribution >= 0.6 is 0 Å². The molecule has 0 fully saturated rings. The first kappa shape index (κ1) is 28.4. The van der Waals surface area contributed by atoms with Gasteiger partial charge in [-0.25, -0.2) is 0 Å². The molecular weight excluding hydrogens is 360 g/mol. The molecule has 0 spiro atoms. The van der Waals surface area contributed by atoms with Crippen LogP contribution in [0, 0.1) is 5.92 Å². The Hall–Kier alpha value is -1.56. The number of rotatable bonds is 15. The molecule has 30 heavy (non-hydrogen) atoms. The van der Waals surface area contributed by atoms with Gasteiger partial charge in [0.1, 0.15) is 0 Å². The summed E-state index contributed by atoms with van der Waals surface area (Å²) in [4.78, 5) is 0. The minimum atomic E-state index is 0.678. The van der Waals surface area contributed by atoms with Crippen molar-refractivity contribution in [2.24, 2.45) is 5.92 Å². The average Bonchev–Trinajstić information content (AvgIpc) is 2.63. The molecule has 0 heteroatoms. The third kappa shape index (κ3) is 18.5. The quantitative estimate of drug-likeness (QED) is 0.235. The van der Waals surface area contributed by atoms with E-state index >= 15 is 0 Å². The minimum Gasteiger partial charge on any atom is -0.100 e. The normalized spacial score (nSPS) is 13.8. The van der Waals surface area contributed by atoms with Crippen molar-refractivity contribution in [2.45, 2.75) is 113 Å². The summed E-state index contributed by atoms with van der Waals surface area (Å²) in [6.45, 7) is 21.9. The summed E-state index contributed by atoms with van der Waals surface area (Å²) in [5.41, 5.74) is 8.71. The molecule has 0 amide bonds. The van der Waals surface area contributed by atoms with Gasteiger partial charge in [0.15, 0.2) is 0 Å². The molecule has 0 rings (SSSR count). The smallest absolute Gasteiger partial charge is 0.0288 e. The third-order valence-electron chi connectivity index (χ3n) is 5.45. The van der Waals surface area contributed by atoms with Gasteiger partial charge in [-0.1, -0.05) is 63.8 Å². The maximum absolute atomic E-state index is 4.16. The Bertz CT molecular complexity index is 638. The van der Waals surface area contributed by atoms with E-state index in [-0.39, 0.29) is 0 Å². The largest absolute Gasteiger partial charge is 0.100 e. The van der Waals surface area contributed by atoms with Gasteiger partial charge < -0.3 is 0 Å². The first-order valence-electron chi connectivity index (χ1n) is 12.0. The lowest BCUT2D eigenvalue weighted by atomic mass is 9.91. The Balaban J connectivity index is 4.56. The summed E-state index contributed by atoms with van der Waals surface area (Å²) in [6, 6.07) is 0. The fourth-order valence-corrected chi connectivity index (χ4v) is 3.52. The van der Waals surface area contributed by atoms with Gasteiger partial charge in [-0.3, -0.25) is 0 Å². The van der Waals surface area contributed by atoms with Crippen LogP contribution in [0.1, 0.15) is 113 Å². The lowest BCUT2D eigenvalue weighted by molar-refractivity contribution is 0.533. The molecule has 0 aliphatic rings. The molecular formula is C30H50. The highest BCUT2D eigenvalue weighted by atomic mass is 14.1. The van der Waals surface area contributed by atoms with E-state index in [1.807, 2.05) is 0 Å². The molecule has 0 aromatic rings. The molecule has 0 radical (unpaired) electrons. The lowest BCUT2D eigenvalue weighted by Gasteiger charge is -2.14. The van der Waals surface area contributed by atoms with E-state index in [9.17, 15) is 0 Å². The molecule has 0 aromatic carbocycles. The lowest BCUT2D eigenvalue weighted by Crippen LogP contribution is -1.99. The topological polar surface area (TPSA) is 0 Å². The summed E-state index contributed by atoms with van der Waals surface area (Å²) in [5.74, 6) is 0.678. The van der Waals surface area contributed by atoms with E-state index in [4.69, 9.17) is 0 Å². The zero-order valence-electron chi connectivity index (χ0n) is 21.5. The van der Waals surface area contributed by atoms with E-state index in [2.05, 4.69) is 92.3 Å². The van der Waals surface area contributed by atoms with Crippen molar-refractivity contribution in [3.63, 3.8) is 0 Å². The van der Waals surface area contributed by atoms with Crippen molar-refractivity contribution < 1.29 is 0 Å². The fraction of sp³-hybridized carbons (Fsp3) is 0.600. The zero-order valence-corrected chi connectivity index (χ0v) is 21.5. The molecule has 0 saturated carbocycles. The van der Waals surface area contributed by atoms with Gasteiger partial charge in [-0.05, 0) is 119 Å². The SMILES string of the molecule is C=C(C)CC(CC=C(C)CCC=C(C)CCC=C(C)C)C/C=C(\C)CCC=C(C)C. The second-order valence-electron chi connectivity index (χ2n) is 9.83. The van der Waals surface area contributed by atoms with Crippen molar-refractivity contribution in [1.82, 2.24) is 0 Å². The Morgan fingerprint density at radius 3 is 1.30 bits per heavy atom. The maximum atomic E-state index is 4.16. The van der Waals surface area contributed by atoms with E-state index in [1.165, 1.54) is 72.0 Å². The van der Waals surface area contributed by atoms with Crippen LogP contribution in [-0.2, 0) is 0 Å². The Morgan fingerprint density at radius 2 is 0.933 bits per heavy atom. The minimum absolute atomic E-state index is 0.678. The van der Waals surface area contributed by atoms with Gasteiger partial charge >= 0.3 is 0 Å². The van der Waals surface area contributed by atoms with Gasteiger partial charge in [0, 0.05) is 0 Å². The molecule has 0 bridgehead atoms. The second kappa shape index (κ2) is 17.2. The Labute approximate surface area is 189 Å². The highest BCUT2D eigenvalue weighted by Gasteiger charge is 2.07. The highest BCUT2D eigenvalue weighted by molar-refractivity contribution is 5.07. The van der Waals surface area contributed by atoms with Crippen LogP contribution in [0.15, 0.2) is 70.4 Å². The van der Waals surface area contributed by atoms with Crippen LogP contribution in [0.4, 0.5) is 0 Å². The predicted octanol–water partition coefficient (Wildman–Crippen LogP) is 10.5. The summed E-state index contributed by atoms with van der Waals surface area (Å²) >= 11 is 0. The van der Waals surface area contributed by atoms with Crippen molar-refractivity contribution >= 4 is 0 Å². The van der Waals surface area contributed by atoms with E-state index in [1.54, 1.807) is 0 Å².